The Morgan fingerprint density at radius 2 is 2.16 bits per heavy atom. The number of nitrogens with two attached hydrogens (primary N) is 2. The van der Waals surface area contributed by atoms with Gasteiger partial charge in [-0.05, 0) is 30.7 Å². The van der Waals surface area contributed by atoms with Crippen molar-refractivity contribution in [3.05, 3.63) is 46.0 Å². The molecule has 2 aromatic rings. The average Bonchev–Trinajstić information content (AvgIpc) is 2.30. The minimum Gasteiger partial charge on any atom is -0.383 e. The molecule has 100 valence electrons. The molecule has 0 amide bonds. The molecule has 0 aliphatic heterocycles. The zero-order chi connectivity index (χ0) is 14.0. The van der Waals surface area contributed by atoms with Crippen LogP contribution in [0.2, 0.25) is 0 Å². The van der Waals surface area contributed by atoms with Crippen LogP contribution < -0.4 is 17.0 Å². The van der Waals surface area contributed by atoms with Crippen LogP contribution in [0.3, 0.4) is 0 Å². The molecule has 19 heavy (non-hydrogen) atoms. The van der Waals surface area contributed by atoms with E-state index in [0.29, 0.717) is 10.7 Å². The van der Waals surface area contributed by atoms with Crippen LogP contribution in [0.25, 0.3) is 0 Å². The number of nitrogen functional groups attached to an aromatic ring is 1. The van der Waals surface area contributed by atoms with Crippen LogP contribution in [-0.2, 0) is 0 Å². The van der Waals surface area contributed by atoms with E-state index in [4.69, 9.17) is 11.5 Å². The number of benzene rings is 1. The molecule has 0 radical (unpaired) electrons. The summed E-state index contributed by atoms with van der Waals surface area (Å²) in [4.78, 5) is 18.6. The summed E-state index contributed by atoms with van der Waals surface area (Å²) in [5, 5.41) is 0.346. The van der Waals surface area contributed by atoms with Gasteiger partial charge in [0.05, 0.1) is 0 Å². The first-order chi connectivity index (χ1) is 8.95. The standard InChI is InChI=1S/C12H13FN4OS/c1-6(14)8-4-7(13)2-3-9(8)19-12-16-10(15)5-11(18)17-12/h2-6H,14H2,1H3,(H3,15,16,17,18)/t6-/m1/s1. The zero-order valence-corrected chi connectivity index (χ0v) is 11.0. The van der Waals surface area contributed by atoms with Gasteiger partial charge in [-0.25, -0.2) is 9.37 Å². The Labute approximate surface area is 113 Å². The van der Waals surface area contributed by atoms with Crippen LogP contribution in [0.4, 0.5) is 10.2 Å². The molecule has 0 spiro atoms. The Balaban J connectivity index is 2.40. The Morgan fingerprint density at radius 3 is 2.79 bits per heavy atom. The first kappa shape index (κ1) is 13.6. The number of rotatable bonds is 3. The van der Waals surface area contributed by atoms with E-state index in [1.807, 2.05) is 0 Å². The summed E-state index contributed by atoms with van der Waals surface area (Å²) in [7, 11) is 0. The molecular formula is C12H13FN4OS. The summed E-state index contributed by atoms with van der Waals surface area (Å²) in [5.74, 6) is -0.221. The van der Waals surface area contributed by atoms with Crippen molar-refractivity contribution in [1.29, 1.82) is 0 Å². The van der Waals surface area contributed by atoms with Gasteiger partial charge in [0.15, 0.2) is 5.16 Å². The molecule has 5 N–H and O–H groups in total. The second kappa shape index (κ2) is 5.41. The Kier molecular flexibility index (Phi) is 3.87. The van der Waals surface area contributed by atoms with Crippen molar-refractivity contribution in [3.63, 3.8) is 0 Å². The molecule has 0 aliphatic carbocycles. The molecule has 0 saturated carbocycles. The Morgan fingerprint density at radius 1 is 1.42 bits per heavy atom. The topological polar surface area (TPSA) is 97.8 Å². The SMILES string of the molecule is C[C@@H](N)c1cc(F)ccc1Sc1nc(N)cc(=O)[nH]1. The van der Waals surface area contributed by atoms with E-state index >= 15 is 0 Å². The first-order valence-corrected chi connectivity index (χ1v) is 6.37. The van der Waals surface area contributed by atoms with Gasteiger partial charge in [0.25, 0.3) is 5.56 Å². The zero-order valence-electron chi connectivity index (χ0n) is 10.2. The highest BCUT2D eigenvalue weighted by Gasteiger charge is 2.11. The highest BCUT2D eigenvalue weighted by Crippen LogP contribution is 2.31. The van der Waals surface area contributed by atoms with Crippen molar-refractivity contribution >= 4 is 17.6 Å². The van der Waals surface area contributed by atoms with E-state index < -0.39 is 0 Å². The minimum absolute atomic E-state index is 0.135. The molecular weight excluding hydrogens is 267 g/mol. The third-order valence-corrected chi connectivity index (χ3v) is 3.39. The van der Waals surface area contributed by atoms with Crippen LogP contribution in [-0.4, -0.2) is 9.97 Å². The molecule has 1 heterocycles. The van der Waals surface area contributed by atoms with E-state index in [1.54, 1.807) is 13.0 Å². The molecule has 0 aliphatic rings. The van der Waals surface area contributed by atoms with Crippen LogP contribution in [0, 0.1) is 5.82 Å². The fourth-order valence-electron chi connectivity index (χ4n) is 1.57. The lowest BCUT2D eigenvalue weighted by atomic mass is 10.1. The van der Waals surface area contributed by atoms with Crippen molar-refractivity contribution in [1.82, 2.24) is 9.97 Å². The van der Waals surface area contributed by atoms with Gasteiger partial charge in [-0.15, -0.1) is 0 Å². The summed E-state index contributed by atoms with van der Waals surface area (Å²) >= 11 is 1.19. The maximum atomic E-state index is 13.2. The van der Waals surface area contributed by atoms with Crippen LogP contribution >= 0.6 is 11.8 Å². The highest BCUT2D eigenvalue weighted by molar-refractivity contribution is 7.99. The van der Waals surface area contributed by atoms with Crippen molar-refractivity contribution in [2.75, 3.05) is 5.73 Å². The summed E-state index contributed by atoms with van der Waals surface area (Å²) in [6, 6.07) is 5.17. The molecule has 1 aromatic heterocycles. The van der Waals surface area contributed by atoms with Gasteiger partial charge in [-0.1, -0.05) is 11.8 Å². The van der Waals surface area contributed by atoms with Crippen LogP contribution in [0.5, 0.6) is 0 Å². The molecule has 7 heteroatoms. The number of aromatic nitrogens is 2. The average molecular weight is 280 g/mol. The summed E-state index contributed by atoms with van der Waals surface area (Å²) in [6.07, 6.45) is 0. The first-order valence-electron chi connectivity index (χ1n) is 5.55. The van der Waals surface area contributed by atoms with E-state index in [0.717, 1.165) is 4.90 Å². The smallest absolute Gasteiger partial charge is 0.253 e. The molecule has 0 saturated heterocycles. The number of hydrogen-bond donors (Lipinski definition) is 3. The number of aromatic amines is 1. The molecule has 5 nitrogen and oxygen atoms in total. The summed E-state index contributed by atoms with van der Waals surface area (Å²) in [5.41, 5.74) is 11.6. The van der Waals surface area contributed by atoms with Crippen molar-refractivity contribution in [2.45, 2.75) is 23.0 Å². The number of H-pyrrole nitrogens is 1. The Bertz CT molecular complexity index is 656. The van der Waals surface area contributed by atoms with Gasteiger partial charge in [-0.2, -0.15) is 0 Å². The quantitative estimate of drug-likeness (QED) is 0.743. The second-order valence-electron chi connectivity index (χ2n) is 4.05. The van der Waals surface area contributed by atoms with Gasteiger partial charge < -0.3 is 16.5 Å². The fraction of sp³-hybridized carbons (Fsp3) is 0.167. The highest BCUT2D eigenvalue weighted by atomic mass is 32.2. The van der Waals surface area contributed by atoms with Crippen molar-refractivity contribution < 1.29 is 4.39 Å². The number of halogens is 1. The fourth-order valence-corrected chi connectivity index (χ4v) is 2.58. The van der Waals surface area contributed by atoms with E-state index in [1.165, 1.54) is 30.0 Å². The Hall–Kier alpha value is -1.86. The van der Waals surface area contributed by atoms with Gasteiger partial charge in [0.1, 0.15) is 11.6 Å². The summed E-state index contributed by atoms with van der Waals surface area (Å²) in [6.45, 7) is 1.76. The number of nitrogens with zero attached hydrogens (tertiary/aromatic N) is 1. The lowest BCUT2D eigenvalue weighted by Crippen LogP contribution is -2.10. The van der Waals surface area contributed by atoms with E-state index in [2.05, 4.69) is 9.97 Å². The number of nitrogens with one attached hydrogen (secondary N) is 1. The summed E-state index contributed by atoms with van der Waals surface area (Å²) < 4.78 is 13.2. The minimum atomic E-state index is -0.356. The predicted molar refractivity (Wildman–Crippen MR) is 72.4 cm³/mol. The normalized spacial score (nSPS) is 12.4. The molecule has 2 rings (SSSR count). The molecule has 1 aromatic carbocycles. The number of anilines is 1. The van der Waals surface area contributed by atoms with Gasteiger partial charge in [0.2, 0.25) is 0 Å². The molecule has 1 atom stereocenters. The van der Waals surface area contributed by atoms with Crippen molar-refractivity contribution in [2.24, 2.45) is 5.73 Å². The largest absolute Gasteiger partial charge is 0.383 e. The maximum Gasteiger partial charge on any atom is 0.253 e. The molecule has 0 bridgehead atoms. The van der Waals surface area contributed by atoms with Crippen molar-refractivity contribution in [3.8, 4) is 0 Å². The lowest BCUT2D eigenvalue weighted by molar-refractivity contribution is 0.619. The lowest BCUT2D eigenvalue weighted by Gasteiger charge is -2.11. The third-order valence-electron chi connectivity index (χ3n) is 2.41. The molecule has 0 fully saturated rings. The molecule has 0 unspecified atom stereocenters. The van der Waals surface area contributed by atoms with E-state index in [-0.39, 0.29) is 23.2 Å². The number of hydrogen-bond acceptors (Lipinski definition) is 5. The van der Waals surface area contributed by atoms with Crippen LogP contribution in [0.15, 0.2) is 39.1 Å². The second-order valence-corrected chi connectivity index (χ2v) is 5.08. The van der Waals surface area contributed by atoms with Gasteiger partial charge in [0, 0.05) is 17.0 Å². The van der Waals surface area contributed by atoms with E-state index in [9.17, 15) is 9.18 Å². The maximum absolute atomic E-state index is 13.2. The third kappa shape index (κ3) is 3.33. The monoisotopic (exact) mass is 280 g/mol. The van der Waals surface area contributed by atoms with Gasteiger partial charge >= 0.3 is 0 Å². The predicted octanol–water partition coefficient (Wildman–Crippen LogP) is 1.66. The van der Waals surface area contributed by atoms with Crippen LogP contribution in [0.1, 0.15) is 18.5 Å². The van der Waals surface area contributed by atoms with Gasteiger partial charge in [-0.3, -0.25) is 4.79 Å².